The van der Waals surface area contributed by atoms with E-state index in [-0.39, 0.29) is 12.3 Å². The predicted molar refractivity (Wildman–Crippen MR) is 294 cm³/mol. The van der Waals surface area contributed by atoms with Gasteiger partial charge in [0.05, 0.1) is 50.7 Å². The maximum Gasteiger partial charge on any atom is 0.364 e. The fourth-order valence-electron chi connectivity index (χ4n) is 10.6. The Balaban J connectivity index is 1.69. The zero-order chi connectivity index (χ0) is 59.7. The highest BCUT2D eigenvalue weighted by Crippen LogP contribution is 2.38. The van der Waals surface area contributed by atoms with Gasteiger partial charge in [-0.15, -0.1) is 0 Å². The first-order valence-corrected chi connectivity index (χ1v) is 30.2. The van der Waals surface area contributed by atoms with E-state index < -0.39 is 161 Å². The van der Waals surface area contributed by atoms with Gasteiger partial charge in [0.25, 0.3) is 5.79 Å². The molecular weight excluding hydrogens is 1060 g/mol. The van der Waals surface area contributed by atoms with E-state index in [0.29, 0.717) is 12.8 Å². The monoisotopic (exact) mass is 1170 g/mol. The molecule has 81 heavy (non-hydrogen) atoms. The topological polar surface area (TPSA) is 394 Å². The number of aliphatic hydroxyl groups excluding tert-OH is 12. The Labute approximate surface area is 478 Å². The average Bonchev–Trinajstić information content (AvgIpc) is 3.63. The van der Waals surface area contributed by atoms with Crippen LogP contribution in [0, 0.1) is 0 Å². The third-order valence-electron chi connectivity index (χ3n) is 15.6. The van der Waals surface area contributed by atoms with Crippen LogP contribution in [0.15, 0.2) is 12.2 Å². The lowest BCUT2D eigenvalue weighted by Gasteiger charge is -2.50. The van der Waals surface area contributed by atoms with Crippen molar-refractivity contribution >= 4 is 17.8 Å². The van der Waals surface area contributed by atoms with Crippen molar-refractivity contribution in [3.05, 3.63) is 12.2 Å². The summed E-state index contributed by atoms with van der Waals surface area (Å²) in [5.41, 5.74) is 0. The summed E-state index contributed by atoms with van der Waals surface area (Å²) in [6, 6.07) is -2.77. The number of rotatable bonds is 44. The number of hydrogen-bond acceptors (Lipinski definition) is 21. The zero-order valence-electron chi connectivity index (χ0n) is 48.1. The van der Waals surface area contributed by atoms with E-state index in [1.807, 2.05) is 6.08 Å². The normalized spacial score (nSPS) is 30.5. The summed E-state index contributed by atoms with van der Waals surface area (Å²) in [6.45, 7) is -0.186. The molecule has 3 saturated heterocycles. The molecule has 0 bridgehead atoms. The molecule has 0 aromatic heterocycles. The number of nitrogens with one attached hydrogen (secondary N) is 2. The molecule has 24 heteroatoms. The fourth-order valence-corrected chi connectivity index (χ4v) is 10.6. The molecule has 0 aliphatic carbocycles. The minimum Gasteiger partial charge on any atom is -0.477 e. The van der Waals surface area contributed by atoms with Gasteiger partial charge < -0.3 is 105 Å². The van der Waals surface area contributed by atoms with E-state index in [9.17, 15) is 80.8 Å². The summed E-state index contributed by atoms with van der Waals surface area (Å²) in [4.78, 5) is 38.5. The molecule has 0 aromatic rings. The first kappa shape index (κ1) is 72.7. The van der Waals surface area contributed by atoms with E-state index in [0.717, 1.165) is 44.9 Å². The second kappa shape index (κ2) is 40.7. The summed E-state index contributed by atoms with van der Waals surface area (Å²) in [5, 5.41) is 144. The van der Waals surface area contributed by atoms with Crippen molar-refractivity contribution < 1.29 is 109 Å². The van der Waals surface area contributed by atoms with Gasteiger partial charge in [0, 0.05) is 12.8 Å². The van der Waals surface area contributed by atoms with Crippen LogP contribution in [0.1, 0.15) is 187 Å². The van der Waals surface area contributed by atoms with Crippen LogP contribution in [0.4, 0.5) is 0 Å². The van der Waals surface area contributed by atoms with Gasteiger partial charge in [-0.3, -0.25) is 9.59 Å². The maximum absolute atomic E-state index is 13.3. The lowest BCUT2D eigenvalue weighted by atomic mass is 9.88. The number of aliphatic carboxylic acids is 1. The van der Waals surface area contributed by atoms with Crippen molar-refractivity contribution in [2.75, 3.05) is 33.0 Å². The van der Waals surface area contributed by atoms with Crippen LogP contribution in [0.2, 0.25) is 0 Å². The van der Waals surface area contributed by atoms with Gasteiger partial charge in [-0.25, -0.2) is 4.79 Å². The van der Waals surface area contributed by atoms with Crippen LogP contribution in [0.25, 0.3) is 0 Å². The Hall–Kier alpha value is -2.57. The Morgan fingerprint density at radius 3 is 1.65 bits per heavy atom. The number of carbonyl (C=O) groups is 3. The number of amides is 2. The van der Waals surface area contributed by atoms with Crippen LogP contribution < -0.4 is 10.6 Å². The smallest absolute Gasteiger partial charge is 0.364 e. The van der Waals surface area contributed by atoms with Crippen molar-refractivity contribution in [2.24, 2.45) is 0 Å². The molecule has 15 N–H and O–H groups in total. The number of allylic oxidation sites excluding steroid dienone is 1. The van der Waals surface area contributed by atoms with E-state index in [1.54, 1.807) is 6.08 Å². The second-order valence-corrected chi connectivity index (χ2v) is 22.2. The third-order valence-corrected chi connectivity index (χ3v) is 15.6. The minimum atomic E-state index is -3.14. The molecule has 18 atom stereocenters. The van der Waals surface area contributed by atoms with Gasteiger partial charge in [0.15, 0.2) is 12.6 Å². The molecule has 3 fully saturated rings. The van der Waals surface area contributed by atoms with E-state index in [1.165, 1.54) is 103 Å². The van der Waals surface area contributed by atoms with Crippen LogP contribution in [-0.4, -0.2) is 227 Å². The molecule has 474 valence electrons. The molecule has 0 spiro atoms. The highest BCUT2D eigenvalue weighted by molar-refractivity contribution is 5.78. The van der Waals surface area contributed by atoms with E-state index >= 15 is 0 Å². The summed E-state index contributed by atoms with van der Waals surface area (Å²) in [5.74, 6) is -6.62. The SMILES string of the molecule is CCCCCCCCCCCCC/C=C/[C@@H](O)C(CO[C@@H]1O[C@H](CO)[C@@H](O[C@@H]2O[C@H](CO)[C@H](O)[C@H](O[C@]3(C(=O)O)C[C@H](O)[C@@H](NC(=O)CO)[C@H]([C@H](O)[C@H](O)CO)O3)[C@H]2O)[C@H](O)[C@H]1O)NC(=O)CCCCCCCCCCCCCCC. The van der Waals surface area contributed by atoms with Crippen LogP contribution in [-0.2, 0) is 42.8 Å². The van der Waals surface area contributed by atoms with Crippen LogP contribution in [0.3, 0.4) is 0 Å². The van der Waals surface area contributed by atoms with Gasteiger partial charge in [0.2, 0.25) is 11.8 Å². The minimum absolute atomic E-state index is 0.196. The first-order chi connectivity index (χ1) is 38.9. The van der Waals surface area contributed by atoms with Gasteiger partial charge in [-0.1, -0.05) is 167 Å². The Bertz CT molecular complexity index is 1720. The van der Waals surface area contributed by atoms with Crippen molar-refractivity contribution in [3.8, 4) is 0 Å². The first-order valence-electron chi connectivity index (χ1n) is 30.2. The molecule has 1 unspecified atom stereocenters. The van der Waals surface area contributed by atoms with Crippen molar-refractivity contribution in [2.45, 2.75) is 297 Å². The molecule has 3 heterocycles. The van der Waals surface area contributed by atoms with E-state index in [2.05, 4.69) is 24.5 Å². The lowest BCUT2D eigenvalue weighted by molar-refractivity contribution is -0.386. The molecule has 24 nitrogen and oxygen atoms in total. The second-order valence-electron chi connectivity index (χ2n) is 22.2. The van der Waals surface area contributed by atoms with E-state index in [4.69, 9.17) is 28.4 Å². The summed E-state index contributed by atoms with van der Waals surface area (Å²) in [6.07, 6.45) is 2.00. The summed E-state index contributed by atoms with van der Waals surface area (Å²) >= 11 is 0. The van der Waals surface area contributed by atoms with Crippen molar-refractivity contribution in [1.29, 1.82) is 0 Å². The molecule has 3 rings (SSSR count). The van der Waals surface area contributed by atoms with Crippen molar-refractivity contribution in [3.63, 3.8) is 0 Å². The number of hydrogen-bond donors (Lipinski definition) is 15. The Morgan fingerprint density at radius 2 is 1.15 bits per heavy atom. The highest BCUT2D eigenvalue weighted by atomic mass is 16.8. The van der Waals surface area contributed by atoms with Gasteiger partial charge in [-0.2, -0.15) is 0 Å². The molecule has 2 amide bonds. The number of unbranched alkanes of at least 4 members (excludes halogenated alkanes) is 23. The largest absolute Gasteiger partial charge is 0.477 e. The quantitative estimate of drug-likeness (QED) is 0.0302. The van der Waals surface area contributed by atoms with Gasteiger partial charge >= 0.3 is 5.97 Å². The van der Waals surface area contributed by atoms with Crippen molar-refractivity contribution in [1.82, 2.24) is 10.6 Å². The zero-order valence-corrected chi connectivity index (χ0v) is 48.1. The number of carboxylic acid groups (broad SMARTS) is 1. The van der Waals surface area contributed by atoms with Gasteiger partial charge in [0.1, 0.15) is 73.8 Å². The number of carboxylic acids is 1. The highest BCUT2D eigenvalue weighted by Gasteiger charge is 2.60. The average molecular weight is 1170 g/mol. The molecule has 3 aliphatic heterocycles. The summed E-state index contributed by atoms with van der Waals surface area (Å²) in [7, 11) is 0. The Kier molecular flexibility index (Phi) is 36.5. The van der Waals surface area contributed by atoms with Crippen LogP contribution >= 0.6 is 0 Å². The number of carbonyl (C=O) groups excluding carboxylic acids is 2. The molecule has 0 saturated carbocycles. The third kappa shape index (κ3) is 24.7. The van der Waals surface area contributed by atoms with Gasteiger partial charge in [-0.05, 0) is 19.3 Å². The number of ether oxygens (including phenoxy) is 6. The molecule has 0 aromatic carbocycles. The predicted octanol–water partition coefficient (Wildman–Crippen LogP) is 1.36. The number of aliphatic hydroxyl groups is 12. The lowest BCUT2D eigenvalue weighted by Crippen LogP contribution is -2.71. The summed E-state index contributed by atoms with van der Waals surface area (Å²) < 4.78 is 34.5. The van der Waals surface area contributed by atoms with Crippen LogP contribution in [0.5, 0.6) is 0 Å². The molecule has 0 radical (unpaired) electrons. The Morgan fingerprint density at radius 1 is 0.630 bits per heavy atom. The maximum atomic E-state index is 13.3. The molecular formula is C57H104N2O22. The fraction of sp³-hybridized carbons (Fsp3) is 0.912. The molecule has 3 aliphatic rings. The standard InChI is InChI=1S/C57H104N2O22/c1-3-5-7-9-11-13-15-17-19-21-23-25-27-29-38(64)37(58-43(67)30-28-26-24-22-20-18-16-14-12-10-8-6-4-2)36-76-54-49(72)48(71)51(42(34-62)78-54)79-55-50(73)53(47(70)41(33-61)77-55)81-57(56(74)75)31-39(65)45(59-44(68)35-63)52(80-57)46(69)40(66)32-60/h27,29,37-42,45-55,60-66,69-73H,3-26,28,30-36H2,1-2H3,(H,58,67)(H,59,68)(H,74,75)/b29-27+/t37?,38-,39+,40-,41-,42-,45-,46-,47+,48-,49-,50-,51-,52-,53+,54-,55+,57+/m1/s1.